The van der Waals surface area contributed by atoms with Crippen molar-refractivity contribution in [2.75, 3.05) is 14.7 Å². The Morgan fingerprint density at radius 2 is 0.914 bits per heavy atom. The van der Waals surface area contributed by atoms with Gasteiger partial charge in [-0.15, -0.1) is 11.3 Å². The van der Waals surface area contributed by atoms with Crippen molar-refractivity contribution in [1.29, 1.82) is 0 Å². The Morgan fingerprint density at radius 3 is 1.48 bits per heavy atom. The maximum absolute atomic E-state index is 6.90. The molecule has 0 fully saturated rings. The minimum atomic E-state index is -0.648. The van der Waals surface area contributed by atoms with Gasteiger partial charge < -0.3 is 19.4 Å². The average molecular weight is 1070 g/mol. The lowest BCUT2D eigenvalue weighted by atomic mass is 9.35. The van der Waals surface area contributed by atoms with E-state index in [0.717, 1.165) is 45.6 Å². The molecular weight excluding hydrogens is 1000 g/mol. The maximum Gasteiger partial charge on any atom is 0.265 e. The number of hydrogen-bond acceptors (Lipinski definition) is 5. The fraction of sp³-hybridized carbons (Fsp3) is 0.173. The van der Waals surface area contributed by atoms with E-state index in [2.05, 4.69) is 301 Å². The fourth-order valence-corrected chi connectivity index (χ4v) is 15.2. The molecule has 6 heteroatoms. The number of fused-ring (bicyclic) bond motifs is 16. The molecular formula is C75H64BN3OS. The number of hydrogen-bond donors (Lipinski definition) is 0. The molecule has 15 rings (SSSR count). The minimum Gasteiger partial charge on any atom is -0.457 e. The summed E-state index contributed by atoms with van der Waals surface area (Å²) in [6, 6.07) is 84.8. The Morgan fingerprint density at radius 1 is 0.420 bits per heavy atom. The summed E-state index contributed by atoms with van der Waals surface area (Å²) in [7, 11) is 0. The molecule has 4 heterocycles. The average Bonchev–Trinajstić information content (AvgIpc) is 2.98. The van der Waals surface area contributed by atoms with Gasteiger partial charge in [-0.1, -0.05) is 196 Å². The summed E-state index contributed by atoms with van der Waals surface area (Å²) in [5.74, 6) is 1.79. The standard InChI is InChI=1S/C75H64BN3OS/c1-72(2,3)47-32-37-52(38-33-47)78-61-42-41-60-67(55-26-16-17-27-57(55)75(60)58-28-18-20-30-64(58)80-65-31-21-19-29-59(65)75)69(61)76-68-62(78)45-54(77(50-22-12-10-13-23-50)51-24-14-11-15-25-51)46-63(68)79(53-39-34-48(35-40-53)73(4,5)6)70-56-44-49(74(7,8)9)36-43-66(56)81-71(70)76/h10-46H,1-9H3. The number of rotatable bonds is 5. The third kappa shape index (κ3) is 7.35. The number of para-hydroxylation sites is 4. The molecule has 0 unspecified atom stereocenters. The van der Waals surface area contributed by atoms with Crippen molar-refractivity contribution in [3.63, 3.8) is 0 Å². The molecule has 0 saturated carbocycles. The van der Waals surface area contributed by atoms with Gasteiger partial charge in [-0.05, 0) is 157 Å². The monoisotopic (exact) mass is 1070 g/mol. The fourth-order valence-electron chi connectivity index (χ4n) is 13.9. The van der Waals surface area contributed by atoms with Crippen molar-refractivity contribution in [2.45, 2.75) is 84.0 Å². The lowest BCUT2D eigenvalue weighted by molar-refractivity contribution is 0.436. The summed E-state index contributed by atoms with van der Waals surface area (Å²) >= 11 is 1.97. The summed E-state index contributed by atoms with van der Waals surface area (Å²) < 4.78 is 9.54. The van der Waals surface area contributed by atoms with Crippen LogP contribution in [0.15, 0.2) is 224 Å². The second-order valence-electron chi connectivity index (χ2n) is 25.7. The number of anilines is 9. The molecule has 0 radical (unpaired) electrons. The van der Waals surface area contributed by atoms with Crippen LogP contribution in [0.4, 0.5) is 51.2 Å². The lowest BCUT2D eigenvalue weighted by Crippen LogP contribution is -2.61. The first-order valence-corrected chi connectivity index (χ1v) is 29.5. The summed E-state index contributed by atoms with van der Waals surface area (Å²) in [5, 5.41) is 1.28. The van der Waals surface area contributed by atoms with Crippen LogP contribution >= 0.6 is 11.3 Å². The Labute approximate surface area is 481 Å². The van der Waals surface area contributed by atoms with Gasteiger partial charge in [0.1, 0.15) is 11.5 Å². The minimum absolute atomic E-state index is 0.0232. The third-order valence-electron chi connectivity index (χ3n) is 17.8. The Bertz CT molecular complexity index is 4250. The van der Waals surface area contributed by atoms with Gasteiger partial charge in [0.05, 0.1) is 16.8 Å². The molecule has 4 nitrogen and oxygen atoms in total. The highest BCUT2D eigenvalue weighted by Gasteiger charge is 2.55. The summed E-state index contributed by atoms with van der Waals surface area (Å²) in [6.45, 7) is 20.7. The smallest absolute Gasteiger partial charge is 0.265 e. The molecule has 11 aromatic rings. The molecule has 0 bridgehead atoms. The van der Waals surface area contributed by atoms with Gasteiger partial charge in [-0.25, -0.2) is 0 Å². The molecule has 1 aliphatic carbocycles. The molecule has 0 atom stereocenters. The largest absolute Gasteiger partial charge is 0.457 e. The van der Waals surface area contributed by atoms with E-state index in [1.54, 1.807) is 0 Å². The molecule has 10 aromatic carbocycles. The van der Waals surface area contributed by atoms with E-state index >= 15 is 0 Å². The van der Waals surface area contributed by atoms with Crippen LogP contribution in [-0.4, -0.2) is 6.71 Å². The Hall–Kier alpha value is -8.58. The van der Waals surface area contributed by atoms with Gasteiger partial charge in [0.2, 0.25) is 0 Å². The number of thiophene rings is 1. The van der Waals surface area contributed by atoms with Gasteiger partial charge in [-0.3, -0.25) is 0 Å². The van der Waals surface area contributed by atoms with Crippen LogP contribution in [-0.2, 0) is 21.7 Å². The predicted octanol–water partition coefficient (Wildman–Crippen LogP) is 18.8. The molecule has 394 valence electrons. The van der Waals surface area contributed by atoms with Gasteiger partial charge in [-0.2, -0.15) is 0 Å². The van der Waals surface area contributed by atoms with Crippen molar-refractivity contribution in [1.82, 2.24) is 0 Å². The van der Waals surface area contributed by atoms with Crippen LogP contribution in [0.25, 0.3) is 21.2 Å². The first kappa shape index (κ1) is 49.5. The highest BCUT2D eigenvalue weighted by atomic mass is 32.1. The SMILES string of the molecule is CC(C)(C)c1ccc(N2c3cc(N(c4ccccc4)c4ccccc4)cc4c3B(c3sc5ccc(C(C)(C)C)cc5c3N4c3ccc(C(C)(C)C)cc3)c3c2ccc2c3-c3ccccc3C23c2ccccc2Oc2ccccc23)cc1. The Balaban J connectivity index is 1.13. The summed E-state index contributed by atoms with van der Waals surface area (Å²) in [6.07, 6.45) is 0. The lowest BCUT2D eigenvalue weighted by Gasteiger charge is -2.45. The topological polar surface area (TPSA) is 19.0 Å². The first-order valence-electron chi connectivity index (χ1n) is 28.7. The van der Waals surface area contributed by atoms with Gasteiger partial charge >= 0.3 is 0 Å². The highest BCUT2D eigenvalue weighted by molar-refractivity contribution is 7.34. The molecule has 3 aliphatic heterocycles. The van der Waals surface area contributed by atoms with E-state index in [9.17, 15) is 0 Å². The van der Waals surface area contributed by atoms with Crippen molar-refractivity contribution in [3.8, 4) is 22.6 Å². The van der Waals surface area contributed by atoms with Gasteiger partial charge in [0.25, 0.3) is 6.71 Å². The number of nitrogens with zero attached hydrogens (tertiary/aromatic N) is 3. The predicted molar refractivity (Wildman–Crippen MR) is 344 cm³/mol. The van der Waals surface area contributed by atoms with Crippen molar-refractivity contribution >= 4 is 95.0 Å². The molecule has 0 amide bonds. The van der Waals surface area contributed by atoms with Crippen molar-refractivity contribution < 1.29 is 4.74 Å². The zero-order valence-electron chi connectivity index (χ0n) is 47.6. The normalized spacial score (nSPS) is 14.4. The summed E-state index contributed by atoms with van der Waals surface area (Å²) in [5.41, 5.74) is 23.5. The summed E-state index contributed by atoms with van der Waals surface area (Å²) in [4.78, 5) is 7.71. The second kappa shape index (κ2) is 17.7. The van der Waals surface area contributed by atoms with Crippen LogP contribution < -0.4 is 35.1 Å². The maximum atomic E-state index is 6.90. The van der Waals surface area contributed by atoms with Crippen molar-refractivity contribution in [2.24, 2.45) is 0 Å². The van der Waals surface area contributed by atoms with Crippen LogP contribution in [0, 0.1) is 0 Å². The van der Waals surface area contributed by atoms with Crippen LogP contribution in [0.2, 0.25) is 0 Å². The first-order chi connectivity index (χ1) is 39.1. The highest BCUT2D eigenvalue weighted by Crippen LogP contribution is 2.63. The molecule has 0 saturated heterocycles. The third-order valence-corrected chi connectivity index (χ3v) is 19.0. The zero-order valence-corrected chi connectivity index (χ0v) is 48.4. The molecule has 4 aliphatic rings. The van der Waals surface area contributed by atoms with Crippen LogP contribution in [0.3, 0.4) is 0 Å². The van der Waals surface area contributed by atoms with E-state index in [1.165, 1.54) is 92.9 Å². The van der Waals surface area contributed by atoms with E-state index in [0.29, 0.717) is 0 Å². The number of benzene rings is 10. The Kier molecular flexibility index (Phi) is 10.8. The molecule has 1 spiro atoms. The number of ether oxygens (including phenoxy) is 1. The van der Waals surface area contributed by atoms with Crippen LogP contribution in [0.1, 0.15) is 101 Å². The quantitative estimate of drug-likeness (QED) is 0.160. The molecule has 81 heavy (non-hydrogen) atoms. The molecule has 1 aromatic heterocycles. The zero-order chi connectivity index (χ0) is 55.3. The van der Waals surface area contributed by atoms with E-state index < -0.39 is 5.41 Å². The van der Waals surface area contributed by atoms with Gasteiger partial charge in [0, 0.05) is 65.8 Å². The van der Waals surface area contributed by atoms with Crippen LogP contribution in [0.5, 0.6) is 11.5 Å². The van der Waals surface area contributed by atoms with E-state index in [1.807, 2.05) is 11.3 Å². The van der Waals surface area contributed by atoms with Gasteiger partial charge in [0.15, 0.2) is 0 Å². The second-order valence-corrected chi connectivity index (χ2v) is 26.8. The van der Waals surface area contributed by atoms with Crippen molar-refractivity contribution in [3.05, 3.63) is 263 Å². The van der Waals surface area contributed by atoms with E-state index in [4.69, 9.17) is 4.74 Å². The molecule has 0 N–H and O–H groups in total. The van der Waals surface area contributed by atoms with E-state index in [-0.39, 0.29) is 23.0 Å².